The molecule has 0 aliphatic carbocycles. The van der Waals surface area contributed by atoms with E-state index in [-0.39, 0.29) is 5.78 Å². The van der Waals surface area contributed by atoms with Crippen LogP contribution in [0.15, 0.2) is 30.5 Å². The van der Waals surface area contributed by atoms with Gasteiger partial charge in [0.1, 0.15) is 12.4 Å². The molecule has 0 fully saturated rings. The van der Waals surface area contributed by atoms with Crippen LogP contribution in [0.1, 0.15) is 23.0 Å². The van der Waals surface area contributed by atoms with Crippen molar-refractivity contribution in [2.45, 2.75) is 19.9 Å². The summed E-state index contributed by atoms with van der Waals surface area (Å²) >= 11 is 0. The fourth-order valence-corrected chi connectivity index (χ4v) is 1.84. The lowest BCUT2D eigenvalue weighted by Gasteiger charge is -2.09. The lowest BCUT2D eigenvalue weighted by atomic mass is 10.1. The fraction of sp³-hybridized carbons (Fsp3) is 0.357. The lowest BCUT2D eigenvalue weighted by molar-refractivity contribution is 0.101. The Labute approximate surface area is 117 Å². The van der Waals surface area contributed by atoms with Crippen molar-refractivity contribution in [1.29, 1.82) is 0 Å². The van der Waals surface area contributed by atoms with Crippen LogP contribution in [0.2, 0.25) is 0 Å². The molecule has 0 saturated heterocycles. The number of hydrogen-bond donors (Lipinski definition) is 1. The number of Topliss-reactive ketones (excluding diaryl/α,β-unsaturated/α-hetero) is 1. The molecule has 0 spiro atoms. The van der Waals surface area contributed by atoms with Crippen molar-refractivity contribution < 1.29 is 9.53 Å². The first kappa shape index (κ1) is 14.2. The Hall–Kier alpha value is -2.21. The molecular formula is C14H18N4O2. The average molecular weight is 274 g/mol. The van der Waals surface area contributed by atoms with Crippen molar-refractivity contribution in [2.75, 3.05) is 13.2 Å². The molecule has 0 radical (unpaired) electrons. The molecule has 6 nitrogen and oxygen atoms in total. The quantitative estimate of drug-likeness (QED) is 0.763. The summed E-state index contributed by atoms with van der Waals surface area (Å²) in [5.74, 6) is 0.592. The second kappa shape index (κ2) is 6.81. The predicted molar refractivity (Wildman–Crippen MR) is 74.7 cm³/mol. The van der Waals surface area contributed by atoms with Gasteiger partial charge in [0.2, 0.25) is 0 Å². The zero-order valence-electron chi connectivity index (χ0n) is 11.5. The van der Waals surface area contributed by atoms with Crippen LogP contribution >= 0.6 is 0 Å². The summed E-state index contributed by atoms with van der Waals surface area (Å²) in [6.45, 7) is 3.08. The highest BCUT2D eigenvalue weighted by molar-refractivity contribution is 5.96. The van der Waals surface area contributed by atoms with Gasteiger partial charge in [0.25, 0.3) is 0 Å². The largest absolute Gasteiger partial charge is 0.491 e. The van der Waals surface area contributed by atoms with Gasteiger partial charge in [-0.15, -0.1) is 5.10 Å². The average Bonchev–Trinajstić information content (AvgIpc) is 2.87. The number of para-hydroxylation sites is 1. The topological polar surface area (TPSA) is 83.0 Å². The summed E-state index contributed by atoms with van der Waals surface area (Å²) in [4.78, 5) is 11.5. The number of nitrogens with zero attached hydrogens (tertiary/aromatic N) is 3. The van der Waals surface area contributed by atoms with Gasteiger partial charge in [-0.3, -0.25) is 4.79 Å². The molecule has 20 heavy (non-hydrogen) atoms. The third kappa shape index (κ3) is 3.64. The molecule has 0 aliphatic rings. The van der Waals surface area contributed by atoms with Crippen molar-refractivity contribution in [3.63, 3.8) is 0 Å². The number of aromatic nitrogens is 3. The molecule has 0 unspecified atom stereocenters. The van der Waals surface area contributed by atoms with Crippen molar-refractivity contribution in [1.82, 2.24) is 15.0 Å². The number of benzene rings is 1. The van der Waals surface area contributed by atoms with Crippen LogP contribution in [0.3, 0.4) is 0 Å². The van der Waals surface area contributed by atoms with Crippen LogP contribution in [0.5, 0.6) is 5.75 Å². The number of rotatable bonds is 7. The molecule has 0 aliphatic heterocycles. The van der Waals surface area contributed by atoms with Crippen LogP contribution in [0.4, 0.5) is 0 Å². The monoisotopic (exact) mass is 274 g/mol. The molecule has 2 aromatic rings. The maximum atomic E-state index is 11.5. The Balaban J connectivity index is 1.91. The van der Waals surface area contributed by atoms with Crippen molar-refractivity contribution in [2.24, 2.45) is 5.73 Å². The van der Waals surface area contributed by atoms with Crippen LogP contribution in [-0.4, -0.2) is 33.9 Å². The van der Waals surface area contributed by atoms with E-state index in [9.17, 15) is 4.79 Å². The molecule has 0 saturated carbocycles. The van der Waals surface area contributed by atoms with E-state index in [0.29, 0.717) is 37.4 Å². The molecular weight excluding hydrogens is 256 g/mol. The number of hydrogen-bond acceptors (Lipinski definition) is 5. The van der Waals surface area contributed by atoms with Crippen LogP contribution < -0.4 is 10.5 Å². The van der Waals surface area contributed by atoms with Gasteiger partial charge in [-0.1, -0.05) is 17.3 Å². The third-order valence-corrected chi connectivity index (χ3v) is 2.83. The number of ether oxygens (including phenoxy) is 1. The van der Waals surface area contributed by atoms with Crippen LogP contribution in [0.25, 0.3) is 0 Å². The highest BCUT2D eigenvalue weighted by atomic mass is 16.5. The minimum atomic E-state index is -0.00779. The second-order valence-electron chi connectivity index (χ2n) is 4.41. The SMILES string of the molecule is CC(=O)c1ccccc1OCCn1cc(CCN)nn1. The highest BCUT2D eigenvalue weighted by Gasteiger charge is 2.07. The van der Waals surface area contributed by atoms with E-state index >= 15 is 0 Å². The van der Waals surface area contributed by atoms with Gasteiger partial charge in [0, 0.05) is 12.6 Å². The first-order chi connectivity index (χ1) is 9.70. The molecule has 106 valence electrons. The smallest absolute Gasteiger partial charge is 0.163 e. The summed E-state index contributed by atoms with van der Waals surface area (Å²) in [6.07, 6.45) is 2.57. The van der Waals surface area contributed by atoms with Gasteiger partial charge >= 0.3 is 0 Å². The number of carbonyl (C=O) groups is 1. The van der Waals surface area contributed by atoms with E-state index in [4.69, 9.17) is 10.5 Å². The maximum Gasteiger partial charge on any atom is 0.163 e. The zero-order chi connectivity index (χ0) is 14.4. The normalized spacial score (nSPS) is 10.5. The Morgan fingerprint density at radius 2 is 2.20 bits per heavy atom. The van der Waals surface area contributed by atoms with Crippen molar-refractivity contribution in [3.8, 4) is 5.75 Å². The van der Waals surface area contributed by atoms with Crippen LogP contribution in [0, 0.1) is 0 Å². The van der Waals surface area contributed by atoms with Gasteiger partial charge in [0.15, 0.2) is 5.78 Å². The van der Waals surface area contributed by atoms with E-state index < -0.39 is 0 Å². The van der Waals surface area contributed by atoms with Crippen molar-refractivity contribution in [3.05, 3.63) is 41.7 Å². The van der Waals surface area contributed by atoms with Gasteiger partial charge in [-0.05, 0) is 25.6 Å². The van der Waals surface area contributed by atoms with E-state index in [2.05, 4.69) is 10.3 Å². The zero-order valence-corrected chi connectivity index (χ0v) is 11.5. The molecule has 1 aromatic heterocycles. The summed E-state index contributed by atoms with van der Waals surface area (Å²) in [5, 5.41) is 7.99. The van der Waals surface area contributed by atoms with Gasteiger partial charge in [-0.2, -0.15) is 0 Å². The minimum Gasteiger partial charge on any atom is -0.491 e. The Morgan fingerprint density at radius 3 is 2.95 bits per heavy atom. The number of carbonyl (C=O) groups excluding carboxylic acids is 1. The summed E-state index contributed by atoms with van der Waals surface area (Å²) in [6, 6.07) is 7.21. The van der Waals surface area contributed by atoms with E-state index in [1.54, 1.807) is 16.8 Å². The Morgan fingerprint density at radius 1 is 1.40 bits per heavy atom. The third-order valence-electron chi connectivity index (χ3n) is 2.83. The molecule has 2 rings (SSSR count). The van der Waals surface area contributed by atoms with Gasteiger partial charge in [0.05, 0.1) is 17.8 Å². The molecule has 1 heterocycles. The molecule has 0 bridgehead atoms. The predicted octanol–water partition coefficient (Wildman–Crippen LogP) is 1.06. The van der Waals surface area contributed by atoms with Gasteiger partial charge < -0.3 is 10.5 Å². The molecule has 2 N–H and O–H groups in total. The fourth-order valence-electron chi connectivity index (χ4n) is 1.84. The first-order valence-electron chi connectivity index (χ1n) is 6.52. The van der Waals surface area contributed by atoms with Gasteiger partial charge in [-0.25, -0.2) is 4.68 Å². The summed E-state index contributed by atoms with van der Waals surface area (Å²) in [5.41, 5.74) is 6.92. The second-order valence-corrected chi connectivity index (χ2v) is 4.41. The van der Waals surface area contributed by atoms with Crippen molar-refractivity contribution >= 4 is 5.78 Å². The van der Waals surface area contributed by atoms with Crippen LogP contribution in [-0.2, 0) is 13.0 Å². The number of nitrogens with two attached hydrogens (primary N) is 1. The first-order valence-corrected chi connectivity index (χ1v) is 6.52. The Bertz CT molecular complexity index is 580. The highest BCUT2D eigenvalue weighted by Crippen LogP contribution is 2.18. The van der Waals surface area contributed by atoms with E-state index in [0.717, 1.165) is 5.69 Å². The summed E-state index contributed by atoms with van der Waals surface area (Å²) in [7, 11) is 0. The molecule has 0 atom stereocenters. The molecule has 1 aromatic carbocycles. The van der Waals surface area contributed by atoms with E-state index in [1.165, 1.54) is 6.92 Å². The maximum absolute atomic E-state index is 11.5. The minimum absolute atomic E-state index is 0.00779. The molecule has 6 heteroatoms. The number of ketones is 1. The molecule has 0 amide bonds. The standard InChI is InChI=1S/C14H18N4O2/c1-11(19)13-4-2-3-5-14(13)20-9-8-18-10-12(6-7-15)16-17-18/h2-5,10H,6-9,15H2,1H3. The Kier molecular flexibility index (Phi) is 4.84. The summed E-state index contributed by atoms with van der Waals surface area (Å²) < 4.78 is 7.35. The van der Waals surface area contributed by atoms with E-state index in [1.807, 2.05) is 18.3 Å². The lowest BCUT2D eigenvalue weighted by Crippen LogP contribution is -2.10.